The highest BCUT2D eigenvalue weighted by molar-refractivity contribution is 14.0. The van der Waals surface area contributed by atoms with Crippen LogP contribution >= 0.6 is 35.3 Å². The number of halogens is 1. The molecule has 1 aromatic rings. The Morgan fingerprint density at radius 3 is 2.75 bits per heavy atom. The fourth-order valence-electron chi connectivity index (χ4n) is 3.13. The van der Waals surface area contributed by atoms with Crippen LogP contribution in [-0.4, -0.2) is 68.4 Å². The van der Waals surface area contributed by atoms with Gasteiger partial charge in [0.05, 0.1) is 25.3 Å². The zero-order valence-corrected chi connectivity index (χ0v) is 21.1. The van der Waals surface area contributed by atoms with Crippen LogP contribution in [0.3, 0.4) is 0 Å². The number of nitrogens with zero attached hydrogens (tertiary/aromatic N) is 2. The molecule has 3 N–H and O–H groups in total. The lowest BCUT2D eigenvalue weighted by Gasteiger charge is -2.36. The lowest BCUT2D eigenvalue weighted by molar-refractivity contribution is -0.0327. The first-order valence-corrected chi connectivity index (χ1v) is 10.9. The van der Waals surface area contributed by atoms with Crippen LogP contribution in [0.2, 0.25) is 0 Å². The van der Waals surface area contributed by atoms with Gasteiger partial charge >= 0.3 is 0 Å². The number of hydrogen-bond acceptors (Lipinski definition) is 5. The molecule has 2 rings (SSSR count). The highest BCUT2D eigenvalue weighted by atomic mass is 127. The lowest BCUT2D eigenvalue weighted by atomic mass is 10.1. The molecule has 2 atom stereocenters. The smallest absolute Gasteiger partial charge is 0.191 e. The van der Waals surface area contributed by atoms with Gasteiger partial charge in [-0.15, -0.1) is 35.3 Å². The van der Waals surface area contributed by atoms with Crippen molar-refractivity contribution in [3.05, 3.63) is 22.4 Å². The monoisotopic (exact) mass is 523 g/mol. The number of aliphatic imine (C=N–C) groups is 1. The summed E-state index contributed by atoms with van der Waals surface area (Å²) in [5.74, 6) is 0.885. The van der Waals surface area contributed by atoms with Gasteiger partial charge in [-0.1, -0.05) is 6.07 Å². The summed E-state index contributed by atoms with van der Waals surface area (Å²) < 4.78 is 5.73. The molecule has 2 unspecified atom stereocenters. The fraction of sp³-hybridized carbons (Fsp3) is 0.750. The Morgan fingerprint density at radius 1 is 1.36 bits per heavy atom. The van der Waals surface area contributed by atoms with Crippen LogP contribution in [0.4, 0.5) is 0 Å². The summed E-state index contributed by atoms with van der Waals surface area (Å²) in [7, 11) is 0. The molecule has 1 saturated heterocycles. The molecule has 8 heteroatoms. The average molecular weight is 524 g/mol. The van der Waals surface area contributed by atoms with Crippen LogP contribution in [0, 0.1) is 0 Å². The first-order valence-electron chi connectivity index (χ1n) is 10.1. The Bertz CT molecular complexity index is 561. The number of rotatable bonds is 8. The van der Waals surface area contributed by atoms with E-state index in [4.69, 9.17) is 9.73 Å². The normalized spacial score (nSPS) is 19.8. The third-order valence-corrected chi connectivity index (χ3v) is 5.40. The molecule has 0 spiro atoms. The van der Waals surface area contributed by atoms with Crippen LogP contribution in [-0.2, 0) is 4.74 Å². The van der Waals surface area contributed by atoms with E-state index >= 15 is 0 Å². The number of ether oxygens (including phenoxy) is 1. The van der Waals surface area contributed by atoms with Gasteiger partial charge in [-0.05, 0) is 46.1 Å². The van der Waals surface area contributed by atoms with E-state index in [0.29, 0.717) is 6.04 Å². The highest BCUT2D eigenvalue weighted by Gasteiger charge is 2.26. The predicted octanol–water partition coefficient (Wildman–Crippen LogP) is 3.07. The van der Waals surface area contributed by atoms with Crippen molar-refractivity contribution < 1.29 is 4.74 Å². The maximum absolute atomic E-state index is 5.73. The van der Waals surface area contributed by atoms with Crippen molar-refractivity contribution in [1.82, 2.24) is 20.9 Å². The van der Waals surface area contributed by atoms with E-state index in [0.717, 1.165) is 51.8 Å². The summed E-state index contributed by atoms with van der Waals surface area (Å²) in [5, 5.41) is 12.5. The Hall–Kier alpha value is -0.420. The molecule has 162 valence electrons. The van der Waals surface area contributed by atoms with Crippen LogP contribution in [0.5, 0.6) is 0 Å². The van der Waals surface area contributed by atoms with E-state index in [2.05, 4.69) is 73.0 Å². The number of hydrogen-bond donors (Lipinski definition) is 3. The summed E-state index contributed by atoms with van der Waals surface area (Å²) in [6.45, 7) is 16.9. The van der Waals surface area contributed by atoms with Crippen molar-refractivity contribution in [3.8, 4) is 0 Å². The largest absolute Gasteiger partial charge is 0.376 e. The second-order valence-electron chi connectivity index (χ2n) is 8.03. The molecule has 0 aliphatic carbocycles. The van der Waals surface area contributed by atoms with E-state index in [9.17, 15) is 0 Å². The molecule has 1 aromatic heterocycles. The Kier molecular flexibility index (Phi) is 11.9. The van der Waals surface area contributed by atoms with Gasteiger partial charge in [0, 0.05) is 43.1 Å². The van der Waals surface area contributed by atoms with Crippen LogP contribution < -0.4 is 16.0 Å². The Labute approximate surface area is 191 Å². The van der Waals surface area contributed by atoms with Gasteiger partial charge in [0.25, 0.3) is 0 Å². The molecule has 0 radical (unpaired) electrons. The number of thiophene rings is 1. The quantitative estimate of drug-likeness (QED) is 0.212. The van der Waals surface area contributed by atoms with Crippen molar-refractivity contribution in [1.29, 1.82) is 0 Å². The summed E-state index contributed by atoms with van der Waals surface area (Å²) in [4.78, 5) is 8.78. The highest BCUT2D eigenvalue weighted by Crippen LogP contribution is 2.27. The zero-order valence-electron chi connectivity index (χ0n) is 18.0. The van der Waals surface area contributed by atoms with Gasteiger partial charge in [-0.25, -0.2) is 0 Å². The van der Waals surface area contributed by atoms with Gasteiger partial charge in [0.2, 0.25) is 0 Å². The van der Waals surface area contributed by atoms with Crippen molar-refractivity contribution >= 4 is 41.3 Å². The summed E-state index contributed by atoms with van der Waals surface area (Å²) in [5.41, 5.74) is 0.133. The first-order chi connectivity index (χ1) is 12.9. The molecule has 1 aliphatic heterocycles. The molecule has 28 heavy (non-hydrogen) atoms. The minimum absolute atomic E-state index is 0. The predicted molar refractivity (Wildman–Crippen MR) is 131 cm³/mol. The maximum Gasteiger partial charge on any atom is 0.191 e. The summed E-state index contributed by atoms with van der Waals surface area (Å²) in [6.07, 6.45) is 0.278. The second-order valence-corrected chi connectivity index (χ2v) is 9.01. The van der Waals surface area contributed by atoms with Crippen molar-refractivity contribution in [2.45, 2.75) is 52.3 Å². The molecule has 0 amide bonds. The SMILES string of the molecule is CCNC(=NCC(c1cccs1)N1CCOC(C)C1)NCCNC(C)(C)C.I. The van der Waals surface area contributed by atoms with Crippen molar-refractivity contribution in [3.63, 3.8) is 0 Å². The van der Waals surface area contributed by atoms with Gasteiger partial charge in [0.1, 0.15) is 0 Å². The molecule has 2 heterocycles. The number of nitrogens with one attached hydrogen (secondary N) is 3. The molecule has 0 saturated carbocycles. The van der Waals surface area contributed by atoms with Crippen molar-refractivity contribution in [2.75, 3.05) is 45.9 Å². The fourth-order valence-corrected chi connectivity index (χ4v) is 3.98. The van der Waals surface area contributed by atoms with Gasteiger partial charge in [-0.3, -0.25) is 9.89 Å². The van der Waals surface area contributed by atoms with E-state index in [1.807, 2.05) is 11.3 Å². The van der Waals surface area contributed by atoms with Gasteiger partial charge < -0.3 is 20.7 Å². The minimum atomic E-state index is 0. The lowest BCUT2D eigenvalue weighted by Crippen LogP contribution is -2.46. The molecule has 0 aromatic carbocycles. The molecule has 1 fully saturated rings. The zero-order chi connectivity index (χ0) is 19.7. The van der Waals surface area contributed by atoms with Crippen LogP contribution in [0.25, 0.3) is 0 Å². The Balaban J connectivity index is 0.00000392. The topological polar surface area (TPSA) is 60.9 Å². The minimum Gasteiger partial charge on any atom is -0.376 e. The third kappa shape index (κ3) is 9.39. The molecule has 6 nitrogen and oxygen atoms in total. The third-order valence-electron chi connectivity index (χ3n) is 4.42. The second kappa shape index (κ2) is 13.0. The molecule has 0 bridgehead atoms. The number of morpholine rings is 1. The standard InChI is InChI=1S/C20H37N5OS.HI/c1-6-21-19(22-9-10-24-20(3,4)5)23-14-17(18-8-7-13-27-18)25-11-12-26-16(2)15-25;/h7-8,13,16-17,24H,6,9-12,14-15H2,1-5H3,(H2,21,22,23);1H. The van der Waals surface area contributed by atoms with Crippen LogP contribution in [0.15, 0.2) is 22.5 Å². The van der Waals surface area contributed by atoms with Gasteiger partial charge in [0.15, 0.2) is 5.96 Å². The summed E-state index contributed by atoms with van der Waals surface area (Å²) in [6, 6.07) is 4.65. The molecular weight excluding hydrogens is 485 g/mol. The van der Waals surface area contributed by atoms with E-state index < -0.39 is 0 Å². The van der Waals surface area contributed by atoms with E-state index in [1.165, 1.54) is 4.88 Å². The molecular formula is C20H38IN5OS. The van der Waals surface area contributed by atoms with Crippen molar-refractivity contribution in [2.24, 2.45) is 4.99 Å². The van der Waals surface area contributed by atoms with Gasteiger partial charge in [-0.2, -0.15) is 0 Å². The molecule has 1 aliphatic rings. The summed E-state index contributed by atoms with van der Waals surface area (Å²) >= 11 is 1.81. The van der Waals surface area contributed by atoms with Crippen LogP contribution in [0.1, 0.15) is 45.5 Å². The van der Waals surface area contributed by atoms with E-state index in [-0.39, 0.29) is 35.6 Å². The first kappa shape index (κ1) is 25.6. The number of guanidine groups is 1. The average Bonchev–Trinajstić information content (AvgIpc) is 3.12. The Morgan fingerprint density at radius 2 is 2.14 bits per heavy atom. The maximum atomic E-state index is 5.73. The van der Waals surface area contributed by atoms with E-state index in [1.54, 1.807) is 0 Å².